The molecule has 0 aliphatic rings. The lowest BCUT2D eigenvalue weighted by Crippen LogP contribution is -2.09. The Morgan fingerprint density at radius 1 is 1.30 bits per heavy atom. The first-order valence-corrected chi connectivity index (χ1v) is 6.96. The van der Waals surface area contributed by atoms with E-state index in [-0.39, 0.29) is 6.42 Å². The molecule has 1 aromatic heterocycles. The monoisotopic (exact) mass is 272 g/mol. The Kier molecular flexibility index (Phi) is 4.93. The third-order valence-corrected chi connectivity index (χ3v) is 3.45. The largest absolute Gasteiger partial charge is 0.481 e. The van der Waals surface area contributed by atoms with Crippen molar-refractivity contribution in [2.45, 2.75) is 26.2 Å². The molecule has 1 aromatic carbocycles. The summed E-state index contributed by atoms with van der Waals surface area (Å²) < 4.78 is 0. The zero-order valence-corrected chi connectivity index (χ0v) is 11.7. The van der Waals surface area contributed by atoms with Gasteiger partial charge >= 0.3 is 5.97 Å². The molecule has 4 nitrogen and oxygen atoms in total. The Labute approximate surface area is 118 Å². The summed E-state index contributed by atoms with van der Waals surface area (Å²) in [5, 5.41) is 14.3. The molecule has 0 aliphatic carbocycles. The van der Waals surface area contributed by atoms with E-state index in [1.54, 1.807) is 6.20 Å². The number of carbonyl (C=O) groups is 1. The molecule has 0 spiro atoms. The van der Waals surface area contributed by atoms with Gasteiger partial charge in [0.2, 0.25) is 0 Å². The van der Waals surface area contributed by atoms with Gasteiger partial charge in [0.1, 0.15) is 5.82 Å². The first-order chi connectivity index (χ1) is 9.66. The summed E-state index contributed by atoms with van der Waals surface area (Å²) in [4.78, 5) is 14.9. The highest BCUT2D eigenvalue weighted by Crippen LogP contribution is 2.20. The standard InChI is InChI=1S/C16H20N2O2/c1-12(6-7-15(19)20)8-10-17-16-14-5-3-2-4-13(14)9-11-18-16/h2-5,9,11-12H,6-8,10H2,1H3,(H,17,18)(H,19,20). The van der Waals surface area contributed by atoms with E-state index >= 15 is 0 Å². The minimum absolute atomic E-state index is 0.244. The summed E-state index contributed by atoms with van der Waals surface area (Å²) in [7, 11) is 0. The van der Waals surface area contributed by atoms with Gasteiger partial charge in [-0.05, 0) is 30.2 Å². The molecule has 0 radical (unpaired) electrons. The summed E-state index contributed by atoms with van der Waals surface area (Å²) in [5.74, 6) is 0.572. The zero-order valence-electron chi connectivity index (χ0n) is 11.7. The number of aliphatic carboxylic acids is 1. The van der Waals surface area contributed by atoms with Crippen LogP contribution in [0.15, 0.2) is 36.5 Å². The highest BCUT2D eigenvalue weighted by Gasteiger charge is 2.06. The number of aromatic nitrogens is 1. The molecule has 0 amide bonds. The van der Waals surface area contributed by atoms with Crippen LogP contribution in [0.5, 0.6) is 0 Å². The number of carboxylic acids is 1. The zero-order chi connectivity index (χ0) is 14.4. The molecule has 2 rings (SSSR count). The second-order valence-corrected chi connectivity index (χ2v) is 5.13. The minimum Gasteiger partial charge on any atom is -0.481 e. The molecule has 0 saturated carbocycles. The lowest BCUT2D eigenvalue weighted by Gasteiger charge is -2.12. The molecule has 106 valence electrons. The summed E-state index contributed by atoms with van der Waals surface area (Å²) in [5.41, 5.74) is 0. The van der Waals surface area contributed by atoms with E-state index in [2.05, 4.69) is 29.4 Å². The van der Waals surface area contributed by atoms with Crippen molar-refractivity contribution >= 4 is 22.6 Å². The van der Waals surface area contributed by atoms with Crippen LogP contribution in [0.4, 0.5) is 5.82 Å². The average Bonchev–Trinajstić information content (AvgIpc) is 2.45. The minimum atomic E-state index is -0.722. The van der Waals surface area contributed by atoms with Crippen LogP contribution in [0.25, 0.3) is 10.8 Å². The maximum absolute atomic E-state index is 10.5. The number of pyridine rings is 1. The molecule has 0 saturated heterocycles. The number of hydrogen-bond donors (Lipinski definition) is 2. The van der Waals surface area contributed by atoms with Gasteiger partial charge in [-0.3, -0.25) is 4.79 Å². The number of fused-ring (bicyclic) bond motifs is 1. The van der Waals surface area contributed by atoms with Gasteiger partial charge in [-0.25, -0.2) is 4.98 Å². The summed E-state index contributed by atoms with van der Waals surface area (Å²) in [6.45, 7) is 2.89. The van der Waals surface area contributed by atoms with Crippen LogP contribution in [0.3, 0.4) is 0 Å². The van der Waals surface area contributed by atoms with E-state index < -0.39 is 5.97 Å². The molecule has 1 unspecified atom stereocenters. The van der Waals surface area contributed by atoms with Crippen molar-refractivity contribution in [2.75, 3.05) is 11.9 Å². The Bertz CT molecular complexity index is 578. The highest BCUT2D eigenvalue weighted by atomic mass is 16.4. The van der Waals surface area contributed by atoms with Gasteiger partial charge < -0.3 is 10.4 Å². The van der Waals surface area contributed by atoms with Crippen LogP contribution >= 0.6 is 0 Å². The Hall–Kier alpha value is -2.10. The van der Waals surface area contributed by atoms with Gasteiger partial charge in [0.25, 0.3) is 0 Å². The molecule has 0 aliphatic heterocycles. The van der Waals surface area contributed by atoms with Crippen molar-refractivity contribution in [1.82, 2.24) is 4.98 Å². The van der Waals surface area contributed by atoms with Crippen LogP contribution in [0, 0.1) is 5.92 Å². The van der Waals surface area contributed by atoms with Crippen molar-refractivity contribution in [3.8, 4) is 0 Å². The average molecular weight is 272 g/mol. The second-order valence-electron chi connectivity index (χ2n) is 5.13. The maximum Gasteiger partial charge on any atom is 0.303 e. The lowest BCUT2D eigenvalue weighted by molar-refractivity contribution is -0.137. The molecule has 2 aromatic rings. The van der Waals surface area contributed by atoms with Gasteiger partial charge in [-0.2, -0.15) is 0 Å². The van der Waals surface area contributed by atoms with Crippen LogP contribution in [-0.4, -0.2) is 22.6 Å². The van der Waals surface area contributed by atoms with Gasteiger partial charge in [-0.15, -0.1) is 0 Å². The van der Waals surface area contributed by atoms with Crippen molar-refractivity contribution in [3.05, 3.63) is 36.5 Å². The molecule has 0 bridgehead atoms. The highest BCUT2D eigenvalue weighted by molar-refractivity contribution is 5.91. The number of benzene rings is 1. The number of rotatable bonds is 7. The molecule has 1 atom stereocenters. The van der Waals surface area contributed by atoms with Crippen molar-refractivity contribution in [3.63, 3.8) is 0 Å². The predicted octanol–water partition coefficient (Wildman–Crippen LogP) is 3.54. The quantitative estimate of drug-likeness (QED) is 0.809. The van der Waals surface area contributed by atoms with Crippen LogP contribution in [-0.2, 0) is 4.79 Å². The summed E-state index contributed by atoms with van der Waals surface area (Å²) in [6.07, 6.45) is 3.71. The van der Waals surface area contributed by atoms with E-state index in [9.17, 15) is 4.79 Å². The predicted molar refractivity (Wildman–Crippen MR) is 80.9 cm³/mol. The fourth-order valence-corrected chi connectivity index (χ4v) is 2.21. The number of nitrogens with zero attached hydrogens (tertiary/aromatic N) is 1. The second kappa shape index (κ2) is 6.89. The van der Waals surface area contributed by atoms with Crippen LogP contribution in [0.2, 0.25) is 0 Å². The number of nitrogens with one attached hydrogen (secondary N) is 1. The molecule has 0 fully saturated rings. The van der Waals surface area contributed by atoms with Crippen molar-refractivity contribution < 1.29 is 9.90 Å². The first kappa shape index (κ1) is 14.3. The third kappa shape index (κ3) is 3.95. The third-order valence-electron chi connectivity index (χ3n) is 3.45. The number of anilines is 1. The normalized spacial score (nSPS) is 12.2. The van der Waals surface area contributed by atoms with E-state index in [1.807, 2.05) is 18.2 Å². The number of carboxylic acid groups (broad SMARTS) is 1. The van der Waals surface area contributed by atoms with E-state index in [0.717, 1.165) is 30.6 Å². The van der Waals surface area contributed by atoms with Gasteiger partial charge in [0.15, 0.2) is 0 Å². The fourth-order valence-electron chi connectivity index (χ4n) is 2.21. The maximum atomic E-state index is 10.5. The molecule has 2 N–H and O–H groups in total. The first-order valence-electron chi connectivity index (χ1n) is 6.96. The molecule has 4 heteroatoms. The summed E-state index contributed by atoms with van der Waals surface area (Å²) in [6, 6.07) is 10.1. The van der Waals surface area contributed by atoms with E-state index in [4.69, 9.17) is 5.11 Å². The number of hydrogen-bond acceptors (Lipinski definition) is 3. The van der Waals surface area contributed by atoms with E-state index in [0.29, 0.717) is 5.92 Å². The van der Waals surface area contributed by atoms with Crippen molar-refractivity contribution in [2.24, 2.45) is 5.92 Å². The Morgan fingerprint density at radius 3 is 2.90 bits per heavy atom. The van der Waals surface area contributed by atoms with Gasteiger partial charge in [0.05, 0.1) is 0 Å². The molecular weight excluding hydrogens is 252 g/mol. The molecule has 1 heterocycles. The van der Waals surface area contributed by atoms with Gasteiger partial charge in [0, 0.05) is 24.5 Å². The fraction of sp³-hybridized carbons (Fsp3) is 0.375. The smallest absolute Gasteiger partial charge is 0.303 e. The molecule has 20 heavy (non-hydrogen) atoms. The summed E-state index contributed by atoms with van der Waals surface area (Å²) >= 11 is 0. The van der Waals surface area contributed by atoms with Gasteiger partial charge in [-0.1, -0.05) is 31.2 Å². The van der Waals surface area contributed by atoms with E-state index in [1.165, 1.54) is 5.39 Å². The Morgan fingerprint density at radius 2 is 2.10 bits per heavy atom. The molecular formula is C16H20N2O2. The Balaban J connectivity index is 1.88. The van der Waals surface area contributed by atoms with Crippen molar-refractivity contribution in [1.29, 1.82) is 0 Å². The SMILES string of the molecule is CC(CCNc1nccc2ccccc12)CCC(=O)O. The van der Waals surface area contributed by atoms with Crippen LogP contribution in [0.1, 0.15) is 26.2 Å². The lowest BCUT2D eigenvalue weighted by atomic mass is 10.0. The van der Waals surface area contributed by atoms with Crippen LogP contribution < -0.4 is 5.32 Å². The topological polar surface area (TPSA) is 62.2 Å².